The number of fused-ring (bicyclic) bond motifs is 1. The number of β-lactam (4-membered cyclic amide) rings is 1. The van der Waals surface area contributed by atoms with Crippen LogP contribution in [0.2, 0.25) is 0 Å². The van der Waals surface area contributed by atoms with Gasteiger partial charge in [0.05, 0.1) is 18.3 Å². The van der Waals surface area contributed by atoms with Crippen LogP contribution in [-0.4, -0.2) is 39.2 Å². The summed E-state index contributed by atoms with van der Waals surface area (Å²) in [7, 11) is 0. The molecule has 14 heavy (non-hydrogen) atoms. The summed E-state index contributed by atoms with van der Waals surface area (Å²) in [5, 5.41) is 9.66. The largest absolute Gasteiger partial charge is 0.328 e. The average molecular weight is 218 g/mol. The molecule has 2 saturated heterocycles. The second-order valence-corrected chi connectivity index (χ2v) is 4.92. The zero-order valence-corrected chi connectivity index (χ0v) is 8.45. The molecule has 7 heteroatoms. The fourth-order valence-corrected chi connectivity index (χ4v) is 3.00. The predicted octanol–water partition coefficient (Wildman–Crippen LogP) is 0.259. The first-order valence-corrected chi connectivity index (χ1v) is 5.30. The Bertz CT molecular complexity index is 297. The Morgan fingerprint density at radius 3 is 3.07 bits per heavy atom. The van der Waals surface area contributed by atoms with Gasteiger partial charge in [-0.3, -0.25) is 4.79 Å². The molecule has 6 nitrogen and oxygen atoms in total. The quantitative estimate of drug-likeness (QED) is 0.377. The van der Waals surface area contributed by atoms with Gasteiger partial charge in [0, 0.05) is 5.75 Å². The van der Waals surface area contributed by atoms with Gasteiger partial charge in [0.1, 0.15) is 5.60 Å². The van der Waals surface area contributed by atoms with Crippen molar-refractivity contribution >= 4 is 17.7 Å². The maximum atomic E-state index is 11.1. The number of hydrogen-bond acceptors (Lipinski definition) is 5. The normalized spacial score (nSPS) is 35.9. The van der Waals surface area contributed by atoms with Crippen molar-refractivity contribution in [3.8, 4) is 0 Å². The molecule has 2 aliphatic rings. The van der Waals surface area contributed by atoms with Gasteiger partial charge < -0.3 is 9.74 Å². The van der Waals surface area contributed by atoms with E-state index in [-0.39, 0.29) is 11.3 Å². The van der Waals surface area contributed by atoms with Crippen LogP contribution in [0.1, 0.15) is 13.3 Å². The Morgan fingerprint density at radius 2 is 2.50 bits per heavy atom. The summed E-state index contributed by atoms with van der Waals surface area (Å²) in [5.41, 5.74) is -0.846. The van der Waals surface area contributed by atoms with Crippen molar-refractivity contribution in [3.63, 3.8) is 0 Å². The first-order valence-electron chi connectivity index (χ1n) is 4.25. The third-order valence-electron chi connectivity index (χ3n) is 2.40. The lowest BCUT2D eigenvalue weighted by Gasteiger charge is -2.49. The van der Waals surface area contributed by atoms with Crippen molar-refractivity contribution in [3.05, 3.63) is 10.1 Å². The van der Waals surface area contributed by atoms with Gasteiger partial charge in [-0.2, -0.15) is 0 Å². The summed E-state index contributed by atoms with van der Waals surface area (Å²) in [5.74, 6) is 0.614. The van der Waals surface area contributed by atoms with Gasteiger partial charge in [0.25, 0.3) is 5.09 Å². The molecule has 78 valence electrons. The molecule has 0 bridgehead atoms. The minimum absolute atomic E-state index is 0.0559. The van der Waals surface area contributed by atoms with Crippen molar-refractivity contribution in [1.82, 2.24) is 4.90 Å². The zero-order chi connectivity index (χ0) is 10.3. The second kappa shape index (κ2) is 3.01. The van der Waals surface area contributed by atoms with Crippen LogP contribution in [0, 0.1) is 10.1 Å². The summed E-state index contributed by atoms with van der Waals surface area (Å²) in [4.78, 5) is 27.6. The zero-order valence-electron chi connectivity index (χ0n) is 7.63. The summed E-state index contributed by atoms with van der Waals surface area (Å²) in [6, 6.07) is 0. The molecule has 0 N–H and O–H groups in total. The second-order valence-electron chi connectivity index (χ2n) is 3.76. The van der Waals surface area contributed by atoms with E-state index in [1.54, 1.807) is 23.6 Å². The smallest absolute Gasteiger partial charge is 0.295 e. The molecule has 0 saturated carbocycles. The Morgan fingerprint density at radius 1 is 1.79 bits per heavy atom. The Kier molecular flexibility index (Phi) is 2.06. The Balaban J connectivity index is 2.01. The van der Waals surface area contributed by atoms with Crippen LogP contribution in [0.25, 0.3) is 0 Å². The van der Waals surface area contributed by atoms with Gasteiger partial charge in [-0.15, -0.1) is 21.9 Å². The van der Waals surface area contributed by atoms with Crippen molar-refractivity contribution in [2.24, 2.45) is 0 Å². The molecule has 2 heterocycles. The molecule has 0 aromatic carbocycles. The molecule has 0 aromatic heterocycles. The number of thioether (sulfide) groups is 1. The lowest BCUT2D eigenvalue weighted by molar-refractivity contribution is -0.778. The number of rotatable bonds is 2. The molecule has 0 aromatic rings. The maximum absolute atomic E-state index is 11.1. The van der Waals surface area contributed by atoms with Gasteiger partial charge in [-0.1, -0.05) is 0 Å². The first-order chi connectivity index (χ1) is 6.50. The van der Waals surface area contributed by atoms with E-state index < -0.39 is 10.7 Å². The molecule has 0 spiro atoms. The first kappa shape index (κ1) is 9.57. The monoisotopic (exact) mass is 218 g/mol. The summed E-state index contributed by atoms with van der Waals surface area (Å²) >= 11 is 1.54. The van der Waals surface area contributed by atoms with Crippen molar-refractivity contribution in [1.29, 1.82) is 0 Å². The van der Waals surface area contributed by atoms with E-state index >= 15 is 0 Å². The fraction of sp³-hybridized carbons (Fsp3) is 0.857. The molecule has 1 amide bonds. The SMILES string of the molecule is CC1(O[N+](=O)[O-])CS[C@@H]2CC(=O)N2C1. The van der Waals surface area contributed by atoms with Gasteiger partial charge in [0.2, 0.25) is 5.91 Å². The molecule has 0 radical (unpaired) electrons. The molecule has 2 rings (SSSR count). The van der Waals surface area contributed by atoms with Crippen LogP contribution in [0.4, 0.5) is 0 Å². The highest BCUT2D eigenvalue weighted by Gasteiger charge is 2.47. The molecule has 2 aliphatic heterocycles. The van der Waals surface area contributed by atoms with E-state index in [4.69, 9.17) is 0 Å². The molecular weight excluding hydrogens is 208 g/mol. The lowest BCUT2D eigenvalue weighted by atomic mass is 10.0. The van der Waals surface area contributed by atoms with E-state index in [0.717, 1.165) is 0 Å². The van der Waals surface area contributed by atoms with Gasteiger partial charge in [0.15, 0.2) is 0 Å². The number of carbonyl (C=O) groups is 1. The summed E-state index contributed by atoms with van der Waals surface area (Å²) in [6.07, 6.45) is 0.555. The highest BCUT2D eigenvalue weighted by molar-refractivity contribution is 8.00. The van der Waals surface area contributed by atoms with E-state index in [2.05, 4.69) is 4.84 Å². The molecule has 2 fully saturated rings. The Labute approximate surface area is 84.7 Å². The third-order valence-corrected chi connectivity index (χ3v) is 3.98. The van der Waals surface area contributed by atoms with Gasteiger partial charge in [-0.05, 0) is 6.92 Å². The van der Waals surface area contributed by atoms with Crippen LogP contribution in [0.3, 0.4) is 0 Å². The molecule has 0 aliphatic carbocycles. The highest BCUT2D eigenvalue weighted by Crippen LogP contribution is 2.38. The van der Waals surface area contributed by atoms with E-state index in [1.807, 2.05) is 0 Å². The van der Waals surface area contributed by atoms with E-state index in [9.17, 15) is 14.9 Å². The summed E-state index contributed by atoms with van der Waals surface area (Å²) in [6.45, 7) is 1.98. The van der Waals surface area contributed by atoms with Crippen LogP contribution in [-0.2, 0) is 9.63 Å². The minimum atomic E-state index is -0.846. The topological polar surface area (TPSA) is 72.7 Å². The standard InChI is InChI=1S/C7H10N2O4S/c1-7(13-9(11)12)3-8-5(10)2-6(8)14-4-7/h6H,2-4H2,1H3/t6-,7?/m1/s1. The fourth-order valence-electron chi connectivity index (χ4n) is 1.68. The minimum Gasteiger partial charge on any atom is -0.328 e. The van der Waals surface area contributed by atoms with Crippen molar-refractivity contribution < 1.29 is 14.7 Å². The number of nitrogens with zero attached hydrogens (tertiary/aromatic N) is 2. The van der Waals surface area contributed by atoms with Crippen molar-refractivity contribution in [2.45, 2.75) is 24.3 Å². The van der Waals surface area contributed by atoms with Gasteiger partial charge in [-0.25, -0.2) is 0 Å². The maximum Gasteiger partial charge on any atom is 0.295 e. The van der Waals surface area contributed by atoms with Crippen LogP contribution >= 0.6 is 11.8 Å². The number of amides is 1. The third kappa shape index (κ3) is 1.52. The lowest BCUT2D eigenvalue weighted by Crippen LogP contribution is -2.62. The average Bonchev–Trinajstić information content (AvgIpc) is 2.06. The van der Waals surface area contributed by atoms with Crippen LogP contribution in [0.15, 0.2) is 0 Å². The number of carbonyl (C=O) groups excluding carboxylic acids is 1. The van der Waals surface area contributed by atoms with Gasteiger partial charge >= 0.3 is 0 Å². The molecule has 1 unspecified atom stereocenters. The van der Waals surface area contributed by atoms with Crippen LogP contribution in [0.5, 0.6) is 0 Å². The van der Waals surface area contributed by atoms with E-state index in [0.29, 0.717) is 18.7 Å². The Hall–Kier alpha value is -0.980. The summed E-state index contributed by atoms with van der Waals surface area (Å²) < 4.78 is 0. The van der Waals surface area contributed by atoms with Crippen LogP contribution < -0.4 is 0 Å². The predicted molar refractivity (Wildman–Crippen MR) is 49.1 cm³/mol. The molecular formula is C7H10N2O4S. The van der Waals surface area contributed by atoms with E-state index in [1.165, 1.54) is 0 Å². The number of hydrogen-bond donors (Lipinski definition) is 0. The highest BCUT2D eigenvalue weighted by atomic mass is 32.2. The van der Waals surface area contributed by atoms with Crippen molar-refractivity contribution in [2.75, 3.05) is 12.3 Å². The molecule has 2 atom stereocenters.